The molecule has 0 unspecified atom stereocenters. The number of esters is 1. The molecule has 0 saturated carbocycles. The van der Waals surface area contributed by atoms with E-state index in [1.165, 1.54) is 15.5 Å². The van der Waals surface area contributed by atoms with E-state index in [2.05, 4.69) is 21.7 Å². The number of rotatable bonds is 11. The lowest BCUT2D eigenvalue weighted by Gasteiger charge is -2.42. The number of nitrogens with zero attached hydrogens (tertiary/aromatic N) is 8. The molecule has 3 aliphatic heterocycles. The number of benzene rings is 3. The molecule has 18 heteroatoms. The van der Waals surface area contributed by atoms with E-state index in [-0.39, 0.29) is 82.7 Å². The van der Waals surface area contributed by atoms with Crippen molar-refractivity contribution in [3.8, 4) is 51.7 Å². The zero-order valence-electron chi connectivity index (χ0n) is 39.6. The Kier molecular flexibility index (Phi) is 11.6. The lowest BCUT2D eigenvalue weighted by atomic mass is 9.73. The van der Waals surface area contributed by atoms with Gasteiger partial charge in [0.1, 0.15) is 30.4 Å². The molecule has 10 rings (SSSR count). The number of aryl methyl sites for hydroxylation is 2. The summed E-state index contributed by atoms with van der Waals surface area (Å²) in [6.07, 6.45) is 3.90. The molecule has 0 radical (unpaired) electrons. The van der Waals surface area contributed by atoms with Crippen LogP contribution in [0.25, 0.3) is 50.3 Å². The van der Waals surface area contributed by atoms with Gasteiger partial charge in [-0.2, -0.15) is 0 Å². The van der Waals surface area contributed by atoms with Crippen LogP contribution in [0.1, 0.15) is 93.2 Å². The van der Waals surface area contributed by atoms with Gasteiger partial charge in [0.15, 0.2) is 11.9 Å². The van der Waals surface area contributed by atoms with Gasteiger partial charge in [0, 0.05) is 66.4 Å². The first-order valence-electron chi connectivity index (χ1n) is 23.7. The number of phenols is 2. The predicted molar refractivity (Wildman–Crippen MR) is 258 cm³/mol. The van der Waals surface area contributed by atoms with Gasteiger partial charge >= 0.3 is 18.1 Å². The second kappa shape index (κ2) is 17.7. The smallest absolute Gasteiger partial charge is 0.415 e. The van der Waals surface area contributed by atoms with Crippen LogP contribution in [-0.4, -0.2) is 104 Å². The summed E-state index contributed by atoms with van der Waals surface area (Å²) in [6.45, 7) is 9.85. The van der Waals surface area contributed by atoms with Gasteiger partial charge in [-0.1, -0.05) is 39.2 Å². The minimum absolute atomic E-state index is 0.0146. The Labute approximate surface area is 401 Å². The minimum atomic E-state index is -1.55. The van der Waals surface area contributed by atoms with Gasteiger partial charge in [-0.3, -0.25) is 9.59 Å². The highest BCUT2D eigenvalue weighted by Gasteiger charge is 2.37. The number of hydrogen-bond acceptors (Lipinski definition) is 13. The fourth-order valence-electron chi connectivity index (χ4n) is 10.5. The van der Waals surface area contributed by atoms with Crippen molar-refractivity contribution in [2.45, 2.75) is 91.5 Å². The number of aromatic nitrogens is 6. The van der Waals surface area contributed by atoms with E-state index < -0.39 is 18.2 Å². The predicted octanol–water partition coefficient (Wildman–Crippen LogP) is 7.06. The first-order chi connectivity index (χ1) is 33.6. The van der Waals surface area contributed by atoms with Crippen LogP contribution in [0.3, 0.4) is 0 Å². The molecule has 4 N–H and O–H groups in total. The number of aliphatic hydroxyl groups is 1. The van der Waals surface area contributed by atoms with Crippen LogP contribution in [0.2, 0.25) is 0 Å². The van der Waals surface area contributed by atoms with Crippen LogP contribution in [0.15, 0.2) is 71.7 Å². The largest absolute Gasteiger partial charge is 0.508 e. The number of amides is 2. The molecule has 4 aromatic heterocycles. The average Bonchev–Trinajstić information content (AvgIpc) is 4.05. The molecule has 1 atom stereocenters. The number of carbonyl (C=O) groups excluding carboxylic acids is 3. The molecule has 7 aromatic rings. The summed E-state index contributed by atoms with van der Waals surface area (Å²) in [7, 11) is 1.54. The Balaban J connectivity index is 0.765. The van der Waals surface area contributed by atoms with Crippen LogP contribution in [0, 0.1) is 5.41 Å². The van der Waals surface area contributed by atoms with Crippen molar-refractivity contribution in [1.29, 1.82) is 0 Å². The molecule has 0 bridgehead atoms. The van der Waals surface area contributed by atoms with E-state index in [0.29, 0.717) is 53.2 Å². The maximum Gasteiger partial charge on any atom is 0.415 e. The van der Waals surface area contributed by atoms with E-state index >= 15 is 0 Å². The number of aromatic hydroxyl groups is 3. The number of fused-ring (bicyclic) bond motifs is 6. The van der Waals surface area contributed by atoms with Crippen molar-refractivity contribution in [2.24, 2.45) is 5.41 Å². The highest BCUT2D eigenvalue weighted by Crippen LogP contribution is 2.42. The number of likely N-dealkylation sites (N-methyl/N-ethyl adjacent to an activating group) is 1. The number of cyclic esters (lactones) is 1. The van der Waals surface area contributed by atoms with Crippen LogP contribution in [-0.2, 0) is 40.4 Å². The third-order valence-corrected chi connectivity index (χ3v) is 14.8. The Hall–Kier alpha value is -7.73. The van der Waals surface area contributed by atoms with E-state index in [1.54, 1.807) is 41.9 Å². The summed E-state index contributed by atoms with van der Waals surface area (Å²) in [5.41, 5.74) is 6.22. The highest BCUT2D eigenvalue weighted by molar-refractivity contribution is 5.90. The number of carbonyl (C=O) groups is 3. The van der Waals surface area contributed by atoms with Gasteiger partial charge in [0.25, 0.3) is 5.56 Å². The molecule has 3 aliphatic rings. The standard InChI is InChI=1S/C52H54N8O10/c1-6-32-34-21-31(9-10-39(34)53-45-37(32)25-59-41(45)23-35-38(48(59)65)27-69-49(66)46(35)64)70-51(68)56(5)26-44(63)58-18-14-52(7-2,15-19-58)13-17-57-16-12-29-20-30(8-11-40(29)57)60-47(54-55-50(60)67)36-22-33(28(3)4)42(61)24-43(36)62/h8-12,16,20-24,28,46,61-62,64H,6-7,13-15,17-19,25-27H2,1-5H3,(H,55,67)/t46-/m0/s1. The van der Waals surface area contributed by atoms with E-state index in [4.69, 9.17) is 14.5 Å². The average molecular weight is 951 g/mol. The van der Waals surface area contributed by atoms with E-state index in [1.807, 2.05) is 56.1 Å². The van der Waals surface area contributed by atoms with Crippen LogP contribution in [0.5, 0.6) is 23.3 Å². The Morgan fingerprint density at radius 3 is 2.49 bits per heavy atom. The molecule has 1 saturated heterocycles. The number of ether oxygens (including phenoxy) is 2. The van der Waals surface area contributed by atoms with Gasteiger partial charge in [0.05, 0.1) is 40.3 Å². The number of likely N-dealkylation sites (tertiary alicyclic amines) is 1. The zero-order chi connectivity index (χ0) is 49.3. The zero-order valence-corrected chi connectivity index (χ0v) is 39.6. The van der Waals surface area contributed by atoms with Gasteiger partial charge in [-0.05, 0) is 103 Å². The highest BCUT2D eigenvalue weighted by atomic mass is 16.6. The third-order valence-electron chi connectivity index (χ3n) is 14.8. The second-order valence-electron chi connectivity index (χ2n) is 19.0. The van der Waals surface area contributed by atoms with Crippen LogP contribution < -0.4 is 10.3 Å². The molecular weight excluding hydrogens is 897 g/mol. The van der Waals surface area contributed by atoms with Gasteiger partial charge in [-0.15, -0.1) is 5.10 Å². The normalized spacial score (nSPS) is 16.1. The fourth-order valence-corrected chi connectivity index (χ4v) is 10.5. The number of hydrogen-bond donors (Lipinski definition) is 4. The maximum absolute atomic E-state index is 13.6. The molecule has 18 nitrogen and oxygen atoms in total. The number of pyridine rings is 2. The summed E-state index contributed by atoms with van der Waals surface area (Å²) >= 11 is 0. The molecular formula is C52H54N8O10. The second-order valence-corrected chi connectivity index (χ2v) is 19.0. The van der Waals surface area contributed by atoms with Crippen molar-refractivity contribution in [2.75, 3.05) is 26.7 Å². The van der Waals surface area contributed by atoms with E-state index in [0.717, 1.165) is 59.6 Å². The van der Waals surface area contributed by atoms with Gasteiger partial charge in [0.2, 0.25) is 5.91 Å². The summed E-state index contributed by atoms with van der Waals surface area (Å²) in [4.78, 5) is 60.6. The molecule has 0 spiro atoms. The minimum Gasteiger partial charge on any atom is -0.508 e. The molecule has 0 aliphatic carbocycles. The van der Waals surface area contributed by atoms with E-state index in [9.17, 15) is 39.6 Å². The Bertz CT molecular complexity index is 3340. The quantitative estimate of drug-likeness (QED) is 0.0954. The topological polar surface area (TPSA) is 228 Å². The van der Waals surface area contributed by atoms with Crippen molar-refractivity contribution in [3.05, 3.63) is 105 Å². The molecule has 70 heavy (non-hydrogen) atoms. The molecule has 362 valence electrons. The van der Waals surface area contributed by atoms with Crippen LogP contribution in [0.4, 0.5) is 4.79 Å². The molecule has 2 amide bonds. The van der Waals surface area contributed by atoms with Crippen molar-refractivity contribution in [1.82, 2.24) is 38.7 Å². The summed E-state index contributed by atoms with van der Waals surface area (Å²) in [5, 5.41) is 52.3. The monoisotopic (exact) mass is 950 g/mol. The van der Waals surface area contributed by atoms with Gasteiger partial charge < -0.3 is 48.8 Å². The fraction of sp³-hybridized carbons (Fsp3) is 0.365. The lowest BCUT2D eigenvalue weighted by molar-refractivity contribution is -0.157. The molecule has 7 heterocycles. The van der Waals surface area contributed by atoms with Crippen molar-refractivity contribution >= 4 is 39.8 Å². The maximum atomic E-state index is 13.6. The number of piperidine rings is 1. The SMILES string of the molecule is CCc1c2c(nc3ccc(OC(=O)N(C)CC(=O)N4CCC(CC)(CCn5ccc6cc(-n7c(O)nnc7-c7cc(C(C)C)c(O)cc7O)ccc65)CC4)cc13)-c1cc3c(c(=O)n1C2)COC(=O)[C@H]3O. The first kappa shape index (κ1) is 46.0. The Morgan fingerprint density at radius 1 is 0.957 bits per heavy atom. The molecule has 3 aromatic carbocycles. The summed E-state index contributed by atoms with van der Waals surface area (Å²) in [6, 6.07) is 17.2. The summed E-state index contributed by atoms with van der Waals surface area (Å²) < 4.78 is 16.1. The van der Waals surface area contributed by atoms with Crippen molar-refractivity contribution < 1.29 is 44.3 Å². The number of phenolic OH excluding ortho intramolecular Hbond substituents is 2. The van der Waals surface area contributed by atoms with Crippen molar-refractivity contribution in [3.63, 3.8) is 0 Å². The first-order valence-corrected chi connectivity index (χ1v) is 23.7. The van der Waals surface area contributed by atoms with Crippen LogP contribution >= 0.6 is 0 Å². The van der Waals surface area contributed by atoms with Gasteiger partial charge in [-0.25, -0.2) is 19.1 Å². The summed E-state index contributed by atoms with van der Waals surface area (Å²) in [5.74, 6) is -0.664. The lowest BCUT2D eigenvalue weighted by Crippen LogP contribution is -2.47. The molecule has 1 fully saturated rings. The number of aliphatic hydroxyl groups excluding tert-OH is 1. The Morgan fingerprint density at radius 2 is 1.74 bits per heavy atom. The third kappa shape index (κ3) is 7.85.